The number of anilines is 2. The lowest BCUT2D eigenvalue weighted by Gasteiger charge is -2.20. The number of hydrogen-bond donors (Lipinski definition) is 2. The van der Waals surface area contributed by atoms with Crippen LogP contribution in [-0.4, -0.2) is 24.1 Å². The molecule has 1 aromatic rings. The molecule has 0 bridgehead atoms. The Bertz CT molecular complexity index is 557. The Kier molecular flexibility index (Phi) is 4.93. The molecule has 1 aliphatic heterocycles. The second-order valence-corrected chi connectivity index (χ2v) is 6.27. The van der Waals surface area contributed by atoms with Gasteiger partial charge in [-0.3, -0.25) is 9.59 Å². The third-order valence-corrected chi connectivity index (χ3v) is 4.27. The number of amides is 2. The van der Waals surface area contributed by atoms with Gasteiger partial charge in [-0.05, 0) is 36.3 Å². The molecule has 0 radical (unpaired) electrons. The van der Waals surface area contributed by atoms with Crippen LogP contribution in [0.25, 0.3) is 0 Å². The number of benzene rings is 1. The second-order valence-electron chi connectivity index (χ2n) is 5.90. The van der Waals surface area contributed by atoms with Gasteiger partial charge in [-0.1, -0.05) is 19.9 Å². The Morgan fingerprint density at radius 3 is 2.76 bits per heavy atom. The van der Waals surface area contributed by atoms with Crippen molar-refractivity contribution in [2.75, 3.05) is 22.5 Å². The summed E-state index contributed by atoms with van der Waals surface area (Å²) >= 11 is 4.29. The van der Waals surface area contributed by atoms with Crippen LogP contribution in [0.4, 0.5) is 11.4 Å². The molecule has 1 aliphatic rings. The highest BCUT2D eigenvalue weighted by molar-refractivity contribution is 7.80. The van der Waals surface area contributed by atoms with Crippen LogP contribution in [0, 0.1) is 18.8 Å². The molecule has 4 nitrogen and oxygen atoms in total. The fraction of sp³-hybridized carbons (Fsp3) is 0.500. The van der Waals surface area contributed by atoms with Gasteiger partial charge in [-0.25, -0.2) is 0 Å². The van der Waals surface area contributed by atoms with Gasteiger partial charge in [-0.15, -0.1) is 0 Å². The second kappa shape index (κ2) is 6.52. The number of thiol groups is 1. The number of nitrogens with zero attached hydrogens (tertiary/aromatic N) is 1. The van der Waals surface area contributed by atoms with E-state index < -0.39 is 0 Å². The van der Waals surface area contributed by atoms with Crippen LogP contribution in [0.15, 0.2) is 18.2 Å². The van der Waals surface area contributed by atoms with E-state index >= 15 is 0 Å². The average Bonchev–Trinajstić information content (AvgIpc) is 2.82. The van der Waals surface area contributed by atoms with Gasteiger partial charge >= 0.3 is 0 Å². The summed E-state index contributed by atoms with van der Waals surface area (Å²) in [5.74, 6) is 1.05. The molecular formula is C16H22N2O2S. The van der Waals surface area contributed by atoms with Crippen LogP contribution in [0.1, 0.15) is 25.8 Å². The van der Waals surface area contributed by atoms with E-state index in [1.807, 2.05) is 39.0 Å². The van der Waals surface area contributed by atoms with Crippen molar-refractivity contribution < 1.29 is 9.59 Å². The lowest BCUT2D eigenvalue weighted by molar-refractivity contribution is -0.119. The minimum atomic E-state index is -0.0725. The maximum Gasteiger partial charge on any atom is 0.227 e. The smallest absolute Gasteiger partial charge is 0.227 e. The molecular weight excluding hydrogens is 284 g/mol. The summed E-state index contributed by atoms with van der Waals surface area (Å²) in [6.07, 6.45) is 0.547. The van der Waals surface area contributed by atoms with Gasteiger partial charge < -0.3 is 10.2 Å². The first-order chi connectivity index (χ1) is 9.92. The van der Waals surface area contributed by atoms with Crippen molar-refractivity contribution in [3.63, 3.8) is 0 Å². The van der Waals surface area contributed by atoms with Crippen LogP contribution in [0.5, 0.6) is 0 Å². The standard InChI is InChI=1S/C16H22N2O2S/c1-10(2)16(20)17-13-5-4-11(3)14(7-13)18-8-12(9-21)6-15(18)19/h4-5,7,10,12,21H,6,8-9H2,1-3H3,(H,17,20). The molecule has 2 rings (SSSR count). The highest BCUT2D eigenvalue weighted by Gasteiger charge is 2.30. The number of carbonyl (C=O) groups is 2. The maximum absolute atomic E-state index is 12.1. The topological polar surface area (TPSA) is 49.4 Å². The van der Waals surface area contributed by atoms with E-state index in [0.29, 0.717) is 24.6 Å². The first-order valence-corrected chi connectivity index (χ1v) is 7.88. The third kappa shape index (κ3) is 3.59. The van der Waals surface area contributed by atoms with Crippen molar-refractivity contribution in [1.29, 1.82) is 0 Å². The lowest BCUT2D eigenvalue weighted by Crippen LogP contribution is -2.26. The summed E-state index contributed by atoms with van der Waals surface area (Å²) in [6.45, 7) is 6.38. The molecule has 2 amide bonds. The fourth-order valence-electron chi connectivity index (χ4n) is 2.40. The van der Waals surface area contributed by atoms with E-state index in [4.69, 9.17) is 0 Å². The lowest BCUT2D eigenvalue weighted by atomic mass is 10.1. The summed E-state index contributed by atoms with van der Waals surface area (Å²) in [4.78, 5) is 25.7. The van der Waals surface area contributed by atoms with E-state index in [-0.39, 0.29) is 17.7 Å². The Hall–Kier alpha value is -1.49. The van der Waals surface area contributed by atoms with E-state index in [9.17, 15) is 9.59 Å². The molecule has 1 N–H and O–H groups in total. The molecule has 114 valence electrons. The Labute approximate surface area is 131 Å². The minimum absolute atomic E-state index is 0.0224. The van der Waals surface area contributed by atoms with Crippen LogP contribution in [0.2, 0.25) is 0 Å². The molecule has 5 heteroatoms. The van der Waals surface area contributed by atoms with Gasteiger partial charge in [0.15, 0.2) is 0 Å². The normalized spacial score (nSPS) is 18.4. The van der Waals surface area contributed by atoms with Crippen molar-refractivity contribution in [2.45, 2.75) is 27.2 Å². The molecule has 21 heavy (non-hydrogen) atoms. The van der Waals surface area contributed by atoms with Crippen LogP contribution >= 0.6 is 12.6 Å². The largest absolute Gasteiger partial charge is 0.326 e. The molecule has 1 heterocycles. The maximum atomic E-state index is 12.1. The summed E-state index contributed by atoms with van der Waals surface area (Å²) < 4.78 is 0. The first kappa shape index (κ1) is 15.9. The summed E-state index contributed by atoms with van der Waals surface area (Å²) in [6, 6.07) is 5.69. The van der Waals surface area contributed by atoms with Gasteiger partial charge in [0.05, 0.1) is 0 Å². The molecule has 0 saturated carbocycles. The zero-order valence-corrected chi connectivity index (χ0v) is 13.6. The Morgan fingerprint density at radius 1 is 1.48 bits per heavy atom. The van der Waals surface area contributed by atoms with E-state index in [1.165, 1.54) is 0 Å². The average molecular weight is 306 g/mol. The molecule has 0 aromatic heterocycles. The summed E-state index contributed by atoms with van der Waals surface area (Å²) in [5, 5.41) is 2.88. The van der Waals surface area contributed by atoms with Crippen LogP contribution < -0.4 is 10.2 Å². The molecule has 1 unspecified atom stereocenters. The van der Waals surface area contributed by atoms with Crippen molar-refractivity contribution >= 4 is 35.8 Å². The molecule has 0 aliphatic carbocycles. The molecule has 0 spiro atoms. The summed E-state index contributed by atoms with van der Waals surface area (Å²) in [7, 11) is 0. The zero-order chi connectivity index (χ0) is 15.6. The third-order valence-electron chi connectivity index (χ3n) is 3.76. The first-order valence-electron chi connectivity index (χ1n) is 7.25. The van der Waals surface area contributed by atoms with Crippen LogP contribution in [-0.2, 0) is 9.59 Å². The Balaban J connectivity index is 2.23. The van der Waals surface area contributed by atoms with E-state index in [2.05, 4.69) is 17.9 Å². The number of carbonyl (C=O) groups excluding carboxylic acids is 2. The fourth-order valence-corrected chi connectivity index (χ4v) is 2.65. The highest BCUT2D eigenvalue weighted by Crippen LogP contribution is 2.30. The van der Waals surface area contributed by atoms with Crippen molar-refractivity contribution in [1.82, 2.24) is 0 Å². The van der Waals surface area contributed by atoms with Gasteiger partial charge in [0.25, 0.3) is 0 Å². The molecule has 1 saturated heterocycles. The van der Waals surface area contributed by atoms with Crippen molar-refractivity contribution in [2.24, 2.45) is 11.8 Å². The Morgan fingerprint density at radius 2 is 2.19 bits per heavy atom. The van der Waals surface area contributed by atoms with E-state index in [1.54, 1.807) is 4.90 Å². The number of nitrogens with one attached hydrogen (secondary N) is 1. The van der Waals surface area contributed by atoms with Crippen molar-refractivity contribution in [3.05, 3.63) is 23.8 Å². The number of hydrogen-bond acceptors (Lipinski definition) is 3. The summed E-state index contributed by atoms with van der Waals surface area (Å²) in [5.41, 5.74) is 2.65. The molecule has 1 aromatic carbocycles. The quantitative estimate of drug-likeness (QED) is 0.840. The monoisotopic (exact) mass is 306 g/mol. The zero-order valence-electron chi connectivity index (χ0n) is 12.7. The minimum Gasteiger partial charge on any atom is -0.326 e. The van der Waals surface area contributed by atoms with Crippen LogP contribution in [0.3, 0.4) is 0 Å². The van der Waals surface area contributed by atoms with Crippen molar-refractivity contribution in [3.8, 4) is 0 Å². The predicted molar refractivity (Wildman–Crippen MR) is 89.0 cm³/mol. The van der Waals surface area contributed by atoms with E-state index in [0.717, 1.165) is 16.9 Å². The van der Waals surface area contributed by atoms with Gasteiger partial charge in [-0.2, -0.15) is 12.6 Å². The van der Waals surface area contributed by atoms with Gasteiger partial charge in [0.2, 0.25) is 11.8 Å². The molecule has 1 fully saturated rings. The molecule has 1 atom stereocenters. The highest BCUT2D eigenvalue weighted by atomic mass is 32.1. The SMILES string of the molecule is Cc1ccc(NC(=O)C(C)C)cc1N1CC(CS)CC1=O. The predicted octanol–water partition coefficient (Wildman–Crippen LogP) is 2.87. The number of aryl methyl sites for hydroxylation is 1. The van der Waals surface area contributed by atoms with Gasteiger partial charge in [0.1, 0.15) is 0 Å². The number of rotatable bonds is 4. The van der Waals surface area contributed by atoms with Gasteiger partial charge in [0, 0.05) is 30.3 Å².